The van der Waals surface area contributed by atoms with Crippen LogP contribution in [0.2, 0.25) is 5.02 Å². The van der Waals surface area contributed by atoms with Crippen molar-refractivity contribution in [3.05, 3.63) is 17.2 Å². The molecule has 0 unspecified atom stereocenters. The summed E-state index contributed by atoms with van der Waals surface area (Å²) in [6.07, 6.45) is 0.681. The number of hydrogen-bond donors (Lipinski definition) is 2. The molecule has 0 aliphatic rings. The predicted octanol–water partition coefficient (Wildman–Crippen LogP) is 1.67. The lowest BCUT2D eigenvalue weighted by atomic mass is 10.3. The molecule has 9 heteroatoms. The molecule has 21 heavy (non-hydrogen) atoms. The number of hydrogen-bond acceptors (Lipinski definition) is 5. The van der Waals surface area contributed by atoms with Gasteiger partial charge in [0, 0.05) is 18.7 Å². The highest BCUT2D eigenvalue weighted by atomic mass is 35.5. The number of nitrogens with one attached hydrogen (secondary N) is 2. The summed E-state index contributed by atoms with van der Waals surface area (Å²) in [6.45, 7) is 1.05. The molecule has 6 nitrogen and oxygen atoms in total. The lowest BCUT2D eigenvalue weighted by Gasteiger charge is -2.12. The summed E-state index contributed by atoms with van der Waals surface area (Å²) in [4.78, 5) is -0.0266. The molecular formula is C12H20Cl2N2O4S. The Bertz CT molecular complexity index is 552. The van der Waals surface area contributed by atoms with Crippen molar-refractivity contribution >= 4 is 34.0 Å². The van der Waals surface area contributed by atoms with Crippen LogP contribution < -0.4 is 19.5 Å². The molecule has 0 aromatic heterocycles. The lowest BCUT2D eigenvalue weighted by Crippen LogP contribution is -2.27. The van der Waals surface area contributed by atoms with Crippen LogP contribution in [0.1, 0.15) is 6.42 Å². The van der Waals surface area contributed by atoms with Gasteiger partial charge in [0.05, 0.1) is 19.2 Å². The monoisotopic (exact) mass is 358 g/mol. The van der Waals surface area contributed by atoms with E-state index in [1.165, 1.54) is 26.4 Å². The second-order valence-electron chi connectivity index (χ2n) is 3.99. The minimum atomic E-state index is -3.67. The zero-order valence-corrected chi connectivity index (χ0v) is 14.5. The molecule has 0 heterocycles. The smallest absolute Gasteiger partial charge is 0.242 e. The Hall–Kier alpha value is -0.730. The summed E-state index contributed by atoms with van der Waals surface area (Å²) in [5.74, 6) is 0.694. The number of methoxy groups -OCH3 is 2. The van der Waals surface area contributed by atoms with Gasteiger partial charge in [0.15, 0.2) is 11.5 Å². The molecule has 0 spiro atoms. The predicted molar refractivity (Wildman–Crippen MR) is 85.5 cm³/mol. The number of benzene rings is 1. The zero-order chi connectivity index (χ0) is 15.2. The van der Waals surface area contributed by atoms with E-state index in [0.29, 0.717) is 24.5 Å². The number of ether oxygens (including phenoxy) is 2. The highest BCUT2D eigenvalue weighted by Crippen LogP contribution is 2.35. The highest BCUT2D eigenvalue weighted by molar-refractivity contribution is 7.89. The average molecular weight is 359 g/mol. The van der Waals surface area contributed by atoms with Gasteiger partial charge < -0.3 is 14.8 Å². The third-order valence-electron chi connectivity index (χ3n) is 2.62. The molecule has 0 amide bonds. The van der Waals surface area contributed by atoms with E-state index < -0.39 is 10.0 Å². The summed E-state index contributed by atoms with van der Waals surface area (Å²) < 4.78 is 37.0. The van der Waals surface area contributed by atoms with Crippen LogP contribution in [0.15, 0.2) is 17.0 Å². The maximum absolute atomic E-state index is 12.2. The Morgan fingerprint density at radius 3 is 2.24 bits per heavy atom. The Morgan fingerprint density at radius 1 is 1.14 bits per heavy atom. The SMILES string of the molecule is CNCCCNS(=O)(=O)c1cc(OC)c(OC)cc1Cl.Cl. The van der Waals surface area contributed by atoms with E-state index in [2.05, 4.69) is 10.0 Å². The molecule has 122 valence electrons. The average Bonchev–Trinajstić information content (AvgIpc) is 2.43. The maximum Gasteiger partial charge on any atom is 0.242 e. The molecule has 2 N–H and O–H groups in total. The van der Waals surface area contributed by atoms with Crippen LogP contribution in [0.3, 0.4) is 0 Å². The summed E-state index contributed by atoms with van der Waals surface area (Å²) in [5.41, 5.74) is 0. The summed E-state index contributed by atoms with van der Waals surface area (Å²) >= 11 is 5.99. The topological polar surface area (TPSA) is 76.7 Å². The molecular weight excluding hydrogens is 339 g/mol. The zero-order valence-electron chi connectivity index (χ0n) is 12.1. The molecule has 1 aromatic carbocycles. The van der Waals surface area contributed by atoms with Crippen LogP contribution in [0.5, 0.6) is 11.5 Å². The molecule has 0 atom stereocenters. The summed E-state index contributed by atoms with van der Waals surface area (Å²) in [5, 5.41) is 3.03. The highest BCUT2D eigenvalue weighted by Gasteiger charge is 2.20. The van der Waals surface area contributed by atoms with Crippen LogP contribution >= 0.6 is 24.0 Å². The van der Waals surface area contributed by atoms with Crippen molar-refractivity contribution in [2.75, 3.05) is 34.4 Å². The van der Waals surface area contributed by atoms with Gasteiger partial charge in [0.1, 0.15) is 4.90 Å². The van der Waals surface area contributed by atoms with Crippen LogP contribution in [-0.2, 0) is 10.0 Å². The first-order chi connectivity index (χ1) is 9.46. The van der Waals surface area contributed by atoms with Gasteiger partial charge in [-0.1, -0.05) is 11.6 Å². The standard InChI is InChI=1S/C12H19ClN2O4S.ClH/c1-14-5-4-6-15-20(16,17)12-8-11(19-3)10(18-2)7-9(12)13;/h7-8,14-15H,4-6H2,1-3H3;1H. The van der Waals surface area contributed by atoms with Crippen LogP contribution in [0.4, 0.5) is 0 Å². The molecule has 1 aromatic rings. The first-order valence-corrected chi connectivity index (χ1v) is 7.88. The number of sulfonamides is 1. The molecule has 0 bridgehead atoms. The molecule has 0 aliphatic heterocycles. The third kappa shape index (κ3) is 5.52. The van der Waals surface area contributed by atoms with E-state index in [4.69, 9.17) is 21.1 Å². The van der Waals surface area contributed by atoms with Crippen LogP contribution in [0, 0.1) is 0 Å². The van der Waals surface area contributed by atoms with Gasteiger partial charge in [0.2, 0.25) is 10.0 Å². The fraction of sp³-hybridized carbons (Fsp3) is 0.500. The second kappa shape index (κ2) is 9.32. The normalized spacial score (nSPS) is 10.9. The Labute approximate surface area is 136 Å². The number of halogens is 2. The fourth-order valence-electron chi connectivity index (χ4n) is 1.59. The van der Waals surface area contributed by atoms with Crippen molar-refractivity contribution in [2.24, 2.45) is 0 Å². The second-order valence-corrected chi connectivity index (χ2v) is 6.14. The lowest BCUT2D eigenvalue weighted by molar-refractivity contribution is 0.354. The van der Waals surface area contributed by atoms with Crippen molar-refractivity contribution in [3.8, 4) is 11.5 Å². The van der Waals surface area contributed by atoms with Gasteiger partial charge in [-0.3, -0.25) is 0 Å². The minimum Gasteiger partial charge on any atom is -0.493 e. The van der Waals surface area contributed by atoms with Gasteiger partial charge >= 0.3 is 0 Å². The maximum atomic E-state index is 12.2. The van der Waals surface area contributed by atoms with Crippen LogP contribution in [0.25, 0.3) is 0 Å². The van der Waals surface area contributed by atoms with Crippen molar-refractivity contribution in [1.82, 2.24) is 10.0 Å². The first kappa shape index (κ1) is 20.3. The van der Waals surface area contributed by atoms with E-state index in [1.807, 2.05) is 0 Å². The quantitative estimate of drug-likeness (QED) is 0.691. The minimum absolute atomic E-state index is 0. The van der Waals surface area contributed by atoms with E-state index in [1.54, 1.807) is 7.05 Å². The van der Waals surface area contributed by atoms with Gasteiger partial charge in [-0.2, -0.15) is 0 Å². The molecule has 0 saturated carbocycles. The molecule has 0 aliphatic carbocycles. The largest absolute Gasteiger partial charge is 0.493 e. The van der Waals surface area contributed by atoms with E-state index >= 15 is 0 Å². The van der Waals surface area contributed by atoms with Crippen molar-refractivity contribution in [1.29, 1.82) is 0 Å². The molecule has 0 fully saturated rings. The van der Waals surface area contributed by atoms with Gasteiger partial charge in [-0.05, 0) is 20.0 Å². The van der Waals surface area contributed by atoms with Gasteiger partial charge in [-0.15, -0.1) is 12.4 Å². The fourth-order valence-corrected chi connectivity index (χ4v) is 3.20. The van der Waals surface area contributed by atoms with E-state index in [0.717, 1.165) is 6.54 Å². The van der Waals surface area contributed by atoms with Crippen LogP contribution in [-0.4, -0.2) is 42.8 Å². The molecule has 1 rings (SSSR count). The van der Waals surface area contributed by atoms with Gasteiger partial charge in [0.25, 0.3) is 0 Å². The van der Waals surface area contributed by atoms with E-state index in [9.17, 15) is 8.42 Å². The molecule has 0 saturated heterocycles. The summed E-state index contributed by atoms with van der Waals surface area (Å²) in [6, 6.07) is 2.77. The Morgan fingerprint density at radius 2 is 1.71 bits per heavy atom. The Kier molecular flexibility index (Phi) is 9.00. The van der Waals surface area contributed by atoms with Crippen molar-refractivity contribution < 1.29 is 17.9 Å². The third-order valence-corrected chi connectivity index (χ3v) is 4.55. The van der Waals surface area contributed by atoms with Crippen molar-refractivity contribution in [3.63, 3.8) is 0 Å². The first-order valence-electron chi connectivity index (χ1n) is 6.02. The summed E-state index contributed by atoms with van der Waals surface area (Å²) in [7, 11) is 1.02. The van der Waals surface area contributed by atoms with E-state index in [-0.39, 0.29) is 22.3 Å². The Balaban J connectivity index is 0.00000400. The molecule has 0 radical (unpaired) electrons. The van der Waals surface area contributed by atoms with Crippen molar-refractivity contribution in [2.45, 2.75) is 11.3 Å². The van der Waals surface area contributed by atoms with Gasteiger partial charge in [-0.25, -0.2) is 13.1 Å². The number of rotatable bonds is 8.